The quantitative estimate of drug-likeness (QED) is 0.766. The zero-order valence-corrected chi connectivity index (χ0v) is 12.7. The summed E-state index contributed by atoms with van der Waals surface area (Å²) in [6, 6.07) is 0. The molecule has 0 saturated carbocycles. The normalized spacial score (nSPS) is 13.3. The van der Waals surface area contributed by atoms with Crippen LogP contribution in [0.3, 0.4) is 0 Å². The minimum Gasteiger partial charge on any atom is -0.380 e. The summed E-state index contributed by atoms with van der Waals surface area (Å²) in [5, 5.41) is 4.56. The van der Waals surface area contributed by atoms with Crippen molar-refractivity contribution in [2.24, 2.45) is 7.05 Å². The number of alkyl halides is 1. The summed E-state index contributed by atoms with van der Waals surface area (Å²) in [4.78, 5) is 4.65. The van der Waals surface area contributed by atoms with Crippen molar-refractivity contribution in [2.75, 3.05) is 7.11 Å². The first kappa shape index (κ1) is 14.3. The fourth-order valence-corrected chi connectivity index (χ4v) is 2.52. The van der Waals surface area contributed by atoms with E-state index in [9.17, 15) is 0 Å². The van der Waals surface area contributed by atoms with Gasteiger partial charge in [0.15, 0.2) is 5.65 Å². The molecule has 5 nitrogen and oxygen atoms in total. The molecule has 0 radical (unpaired) electrons. The molecule has 106 valence electrons. The second-order valence-electron chi connectivity index (χ2n) is 4.81. The van der Waals surface area contributed by atoms with Crippen molar-refractivity contribution in [3.63, 3.8) is 0 Å². The first-order valence-corrected chi connectivity index (χ1v) is 7.15. The molecule has 0 aliphatic rings. The molecule has 0 amide bonds. The zero-order chi connectivity index (χ0) is 14.0. The molecule has 2 heterocycles. The van der Waals surface area contributed by atoms with Crippen LogP contribution in [0, 0.1) is 0 Å². The van der Waals surface area contributed by atoms with Gasteiger partial charge in [-0.15, -0.1) is 11.6 Å². The number of aromatic nitrogens is 4. The second-order valence-corrected chi connectivity index (χ2v) is 5.08. The van der Waals surface area contributed by atoms with Gasteiger partial charge in [0.1, 0.15) is 11.3 Å². The topological polar surface area (TPSA) is 44.9 Å². The molecule has 0 bridgehead atoms. The van der Waals surface area contributed by atoms with E-state index in [-0.39, 0.29) is 6.10 Å². The Bertz CT molecular complexity index is 560. The summed E-state index contributed by atoms with van der Waals surface area (Å²) in [5.41, 5.74) is 3.06. The van der Waals surface area contributed by atoms with Gasteiger partial charge in [0.2, 0.25) is 0 Å². The Morgan fingerprint density at radius 1 is 1.42 bits per heavy atom. The maximum Gasteiger partial charge on any atom is 0.158 e. The number of hydrogen-bond acceptors (Lipinski definition) is 3. The third-order valence-electron chi connectivity index (χ3n) is 3.32. The Hall–Kier alpha value is -1.07. The Morgan fingerprint density at radius 3 is 2.74 bits per heavy atom. The van der Waals surface area contributed by atoms with Crippen LogP contribution in [0.15, 0.2) is 0 Å². The number of methoxy groups -OCH3 is 1. The lowest BCUT2D eigenvalue weighted by Gasteiger charge is -2.13. The molecular weight excluding hydrogens is 264 g/mol. The summed E-state index contributed by atoms with van der Waals surface area (Å²) in [7, 11) is 3.67. The Kier molecular flexibility index (Phi) is 4.47. The van der Waals surface area contributed by atoms with E-state index in [0.29, 0.717) is 5.88 Å². The average Bonchev–Trinajstić information content (AvgIpc) is 2.89. The van der Waals surface area contributed by atoms with Crippen molar-refractivity contribution in [3.05, 3.63) is 11.5 Å². The Morgan fingerprint density at radius 2 is 2.16 bits per heavy atom. The standard InChI is InChI=1S/C13H21ClN4O/c1-5-6-10-12-13(17(3)16-10)18(8-9(2)19-4)11(7-14)15-12/h9H,5-8H2,1-4H3. The lowest BCUT2D eigenvalue weighted by molar-refractivity contribution is 0.103. The van der Waals surface area contributed by atoms with E-state index < -0.39 is 0 Å². The molecular formula is C13H21ClN4O. The zero-order valence-electron chi connectivity index (χ0n) is 12.0. The highest BCUT2D eigenvalue weighted by atomic mass is 35.5. The van der Waals surface area contributed by atoms with Crippen LogP contribution in [0.25, 0.3) is 11.2 Å². The van der Waals surface area contributed by atoms with Gasteiger partial charge in [-0.3, -0.25) is 4.68 Å². The van der Waals surface area contributed by atoms with E-state index in [1.54, 1.807) is 7.11 Å². The lowest BCUT2D eigenvalue weighted by atomic mass is 10.2. The predicted molar refractivity (Wildman–Crippen MR) is 76.5 cm³/mol. The fraction of sp³-hybridized carbons (Fsp3) is 0.692. The van der Waals surface area contributed by atoms with Crippen LogP contribution in [0.1, 0.15) is 31.8 Å². The second kappa shape index (κ2) is 5.92. The fourth-order valence-electron chi connectivity index (χ4n) is 2.32. The van der Waals surface area contributed by atoms with Crippen molar-refractivity contribution < 1.29 is 4.74 Å². The molecule has 2 rings (SSSR count). The number of nitrogens with zero attached hydrogens (tertiary/aromatic N) is 4. The van der Waals surface area contributed by atoms with E-state index >= 15 is 0 Å². The van der Waals surface area contributed by atoms with Gasteiger partial charge >= 0.3 is 0 Å². The van der Waals surface area contributed by atoms with Crippen molar-refractivity contribution >= 4 is 22.8 Å². The van der Waals surface area contributed by atoms with Crippen molar-refractivity contribution in [3.8, 4) is 0 Å². The van der Waals surface area contributed by atoms with Crippen molar-refractivity contribution in [2.45, 2.75) is 45.2 Å². The number of imidazole rings is 1. The van der Waals surface area contributed by atoms with Gasteiger partial charge in [0.25, 0.3) is 0 Å². The van der Waals surface area contributed by atoms with Crippen LogP contribution in [0.5, 0.6) is 0 Å². The van der Waals surface area contributed by atoms with Crippen LogP contribution >= 0.6 is 11.6 Å². The highest BCUT2D eigenvalue weighted by Crippen LogP contribution is 2.22. The highest BCUT2D eigenvalue weighted by Gasteiger charge is 2.19. The van der Waals surface area contributed by atoms with Crippen LogP contribution in [-0.4, -0.2) is 32.5 Å². The molecule has 19 heavy (non-hydrogen) atoms. The van der Waals surface area contributed by atoms with Crippen LogP contribution in [0.4, 0.5) is 0 Å². The predicted octanol–water partition coefficient (Wildman–Crippen LogP) is 2.50. The number of hydrogen-bond donors (Lipinski definition) is 0. The van der Waals surface area contributed by atoms with Gasteiger partial charge in [-0.1, -0.05) is 13.3 Å². The molecule has 0 N–H and O–H groups in total. The molecule has 6 heteroatoms. The van der Waals surface area contributed by atoms with Gasteiger partial charge in [-0.25, -0.2) is 4.98 Å². The average molecular weight is 285 g/mol. The van der Waals surface area contributed by atoms with E-state index in [1.807, 2.05) is 18.7 Å². The molecule has 2 aromatic heterocycles. The van der Waals surface area contributed by atoms with E-state index in [4.69, 9.17) is 16.3 Å². The molecule has 1 atom stereocenters. The smallest absolute Gasteiger partial charge is 0.158 e. The largest absolute Gasteiger partial charge is 0.380 e. The van der Waals surface area contributed by atoms with E-state index in [1.165, 1.54) is 0 Å². The van der Waals surface area contributed by atoms with Gasteiger partial charge in [-0.2, -0.15) is 5.10 Å². The number of aryl methyl sites for hydroxylation is 2. The molecule has 1 unspecified atom stereocenters. The molecule has 0 aliphatic carbocycles. The first-order valence-electron chi connectivity index (χ1n) is 6.62. The van der Waals surface area contributed by atoms with Gasteiger partial charge in [0, 0.05) is 14.2 Å². The first-order chi connectivity index (χ1) is 9.12. The van der Waals surface area contributed by atoms with E-state index in [2.05, 4.69) is 21.6 Å². The summed E-state index contributed by atoms with van der Waals surface area (Å²) < 4.78 is 9.35. The van der Waals surface area contributed by atoms with Crippen molar-refractivity contribution in [1.29, 1.82) is 0 Å². The van der Waals surface area contributed by atoms with Gasteiger partial charge in [0.05, 0.1) is 24.2 Å². The molecule has 0 aromatic carbocycles. The number of ether oxygens (including phenoxy) is 1. The maximum absolute atomic E-state index is 6.02. The summed E-state index contributed by atoms with van der Waals surface area (Å²) in [5.74, 6) is 1.28. The molecule has 0 saturated heterocycles. The summed E-state index contributed by atoms with van der Waals surface area (Å²) in [6.07, 6.45) is 2.11. The third-order valence-corrected chi connectivity index (χ3v) is 3.56. The van der Waals surface area contributed by atoms with Crippen LogP contribution < -0.4 is 0 Å². The lowest BCUT2D eigenvalue weighted by Crippen LogP contribution is -2.17. The highest BCUT2D eigenvalue weighted by molar-refractivity contribution is 6.16. The van der Waals surface area contributed by atoms with Crippen molar-refractivity contribution in [1.82, 2.24) is 19.3 Å². The number of halogens is 1. The Labute approximate surface area is 118 Å². The number of fused-ring (bicyclic) bond motifs is 1. The van der Waals surface area contributed by atoms with E-state index in [0.717, 1.165) is 42.1 Å². The van der Waals surface area contributed by atoms with Crippen LogP contribution in [0.2, 0.25) is 0 Å². The molecule has 0 spiro atoms. The summed E-state index contributed by atoms with van der Waals surface area (Å²) in [6.45, 7) is 4.92. The SMILES string of the molecule is CCCc1nn(C)c2c1nc(CCl)n2CC(C)OC. The molecule has 2 aromatic rings. The monoisotopic (exact) mass is 284 g/mol. The minimum atomic E-state index is 0.115. The van der Waals surface area contributed by atoms with Gasteiger partial charge in [-0.05, 0) is 13.3 Å². The number of rotatable bonds is 6. The maximum atomic E-state index is 6.02. The minimum absolute atomic E-state index is 0.115. The Balaban J connectivity index is 2.53. The van der Waals surface area contributed by atoms with Crippen LogP contribution in [-0.2, 0) is 30.6 Å². The summed E-state index contributed by atoms with van der Waals surface area (Å²) >= 11 is 6.02. The third kappa shape index (κ3) is 2.62. The van der Waals surface area contributed by atoms with Gasteiger partial charge < -0.3 is 9.30 Å². The molecule has 0 fully saturated rings. The molecule has 0 aliphatic heterocycles.